The molecule has 0 amide bonds. The number of hydrogen-bond acceptors (Lipinski definition) is 5. The van der Waals surface area contributed by atoms with Crippen LogP contribution >= 0.6 is 0 Å². The number of benzene rings is 1. The summed E-state index contributed by atoms with van der Waals surface area (Å²) < 4.78 is 27.9. The molecule has 1 aromatic heterocycles. The monoisotopic (exact) mass is 402 g/mol. The maximum Gasteiger partial charge on any atom is 0.227 e. The second-order valence-corrected chi connectivity index (χ2v) is 10.1. The normalized spacial score (nSPS) is 24.6. The Morgan fingerprint density at radius 1 is 1.25 bits per heavy atom. The molecule has 1 N–H and O–H groups in total. The number of aryl methyl sites for hydroxylation is 1. The summed E-state index contributed by atoms with van der Waals surface area (Å²) in [6.07, 6.45) is 8.12. The largest absolute Gasteiger partial charge is 0.369 e. The Morgan fingerprint density at radius 2 is 2.07 bits per heavy atom. The lowest BCUT2D eigenvalue weighted by atomic mass is 10.2. The summed E-state index contributed by atoms with van der Waals surface area (Å²) in [4.78, 5) is 6.61. The van der Waals surface area contributed by atoms with E-state index < -0.39 is 9.84 Å². The van der Waals surface area contributed by atoms with Gasteiger partial charge in [-0.1, -0.05) is 31.9 Å². The van der Waals surface area contributed by atoms with Crippen molar-refractivity contribution in [3.05, 3.63) is 36.8 Å². The molecule has 1 saturated heterocycles. The number of nitrogens with one attached hydrogen (secondary N) is 1. The highest BCUT2D eigenvalue weighted by molar-refractivity contribution is 7.91. The van der Waals surface area contributed by atoms with Gasteiger partial charge in [0.1, 0.15) is 0 Å². The summed E-state index contributed by atoms with van der Waals surface area (Å²) in [6.45, 7) is 5.07. The summed E-state index contributed by atoms with van der Waals surface area (Å²) in [5.41, 5.74) is 0.785. The lowest BCUT2D eigenvalue weighted by Crippen LogP contribution is -2.34. The van der Waals surface area contributed by atoms with E-state index in [-0.39, 0.29) is 5.03 Å². The maximum absolute atomic E-state index is 13.1. The molecule has 3 atom stereocenters. The minimum atomic E-state index is -3.63. The van der Waals surface area contributed by atoms with Gasteiger partial charge in [0.25, 0.3) is 0 Å². The first-order valence-electron chi connectivity index (χ1n) is 10.3. The first-order valence-corrected chi connectivity index (χ1v) is 11.8. The Balaban J connectivity index is 1.44. The molecule has 1 aromatic carbocycles. The molecule has 1 saturated carbocycles. The van der Waals surface area contributed by atoms with Gasteiger partial charge in [-0.3, -0.25) is 0 Å². The molecule has 0 radical (unpaired) electrons. The Kier molecular flexibility index (Phi) is 5.47. The van der Waals surface area contributed by atoms with Crippen LogP contribution in [0.4, 0.5) is 5.69 Å². The minimum absolute atomic E-state index is 0.104. The SMILES string of the molecule is CCCC1CC1CN[C@@H]1CCN(c2ccccc2S(=O)(=O)c2cn(C)cn2)C1. The number of para-hydroxylation sites is 1. The molecule has 2 aliphatic rings. The lowest BCUT2D eigenvalue weighted by molar-refractivity contribution is 0.506. The number of sulfone groups is 1. The van der Waals surface area contributed by atoms with Crippen molar-refractivity contribution in [2.75, 3.05) is 24.5 Å². The van der Waals surface area contributed by atoms with Crippen molar-refractivity contribution in [3.63, 3.8) is 0 Å². The molecular weight excluding hydrogens is 372 g/mol. The van der Waals surface area contributed by atoms with Gasteiger partial charge in [-0.25, -0.2) is 13.4 Å². The lowest BCUT2D eigenvalue weighted by Gasteiger charge is -2.22. The van der Waals surface area contributed by atoms with Crippen molar-refractivity contribution in [2.24, 2.45) is 18.9 Å². The van der Waals surface area contributed by atoms with Gasteiger partial charge in [-0.05, 0) is 43.4 Å². The topological polar surface area (TPSA) is 67.2 Å². The van der Waals surface area contributed by atoms with Crippen molar-refractivity contribution in [1.29, 1.82) is 0 Å². The fourth-order valence-corrected chi connectivity index (χ4v) is 5.78. The maximum atomic E-state index is 13.1. The molecule has 6 nitrogen and oxygen atoms in total. The summed E-state index contributed by atoms with van der Waals surface area (Å²) >= 11 is 0. The van der Waals surface area contributed by atoms with Gasteiger partial charge < -0.3 is 14.8 Å². The van der Waals surface area contributed by atoms with Crippen molar-refractivity contribution >= 4 is 15.5 Å². The molecular formula is C21H30N4O2S. The molecule has 4 rings (SSSR count). The van der Waals surface area contributed by atoms with Crippen molar-refractivity contribution in [2.45, 2.75) is 48.6 Å². The van der Waals surface area contributed by atoms with Gasteiger partial charge in [-0.15, -0.1) is 0 Å². The van der Waals surface area contributed by atoms with Crippen molar-refractivity contribution in [3.8, 4) is 0 Å². The van der Waals surface area contributed by atoms with Gasteiger partial charge in [-0.2, -0.15) is 0 Å². The highest BCUT2D eigenvalue weighted by Crippen LogP contribution is 2.41. The van der Waals surface area contributed by atoms with E-state index in [9.17, 15) is 8.42 Å². The molecule has 1 aliphatic carbocycles. The number of rotatable bonds is 8. The zero-order chi connectivity index (χ0) is 19.7. The smallest absolute Gasteiger partial charge is 0.227 e. The van der Waals surface area contributed by atoms with E-state index >= 15 is 0 Å². The second-order valence-electron chi connectivity index (χ2n) is 8.23. The summed E-state index contributed by atoms with van der Waals surface area (Å²) in [7, 11) is -1.85. The quantitative estimate of drug-likeness (QED) is 0.735. The van der Waals surface area contributed by atoms with Crippen LogP contribution in [0.2, 0.25) is 0 Å². The average Bonchev–Trinajstić information content (AvgIpc) is 3.07. The standard InChI is InChI=1S/C21H30N4O2S/c1-3-6-16-11-17(16)12-22-18-9-10-25(13-18)19-7-4-5-8-20(19)28(26,27)21-14-24(2)15-23-21/h4-5,7-8,14-18,22H,3,6,9-13H2,1-2H3/t16?,17?,18-/m1/s1. The number of imidazole rings is 1. The van der Waals surface area contributed by atoms with E-state index in [0.29, 0.717) is 10.9 Å². The third kappa shape index (κ3) is 3.96. The van der Waals surface area contributed by atoms with Crippen LogP contribution in [-0.4, -0.2) is 43.6 Å². The highest BCUT2D eigenvalue weighted by Gasteiger charge is 2.36. The average molecular weight is 403 g/mol. The number of anilines is 1. The molecule has 1 aliphatic heterocycles. The van der Waals surface area contributed by atoms with E-state index in [1.807, 2.05) is 12.1 Å². The van der Waals surface area contributed by atoms with E-state index in [1.54, 1.807) is 29.9 Å². The first-order chi connectivity index (χ1) is 13.5. The summed E-state index contributed by atoms with van der Waals surface area (Å²) in [5.74, 6) is 1.75. The van der Waals surface area contributed by atoms with Crippen LogP contribution in [0.5, 0.6) is 0 Å². The molecule has 7 heteroatoms. The predicted octanol–water partition coefficient (Wildman–Crippen LogP) is 2.86. The molecule has 0 spiro atoms. The Hall–Kier alpha value is -1.86. The van der Waals surface area contributed by atoms with Crippen molar-refractivity contribution in [1.82, 2.24) is 14.9 Å². The first kappa shape index (κ1) is 19.5. The fourth-order valence-electron chi connectivity index (χ4n) is 4.33. The van der Waals surface area contributed by atoms with E-state index in [4.69, 9.17) is 0 Å². The van der Waals surface area contributed by atoms with Gasteiger partial charge in [0, 0.05) is 32.4 Å². The fraction of sp³-hybridized carbons (Fsp3) is 0.571. The van der Waals surface area contributed by atoms with Crippen LogP contribution < -0.4 is 10.2 Å². The number of nitrogens with zero attached hydrogens (tertiary/aromatic N) is 3. The minimum Gasteiger partial charge on any atom is -0.369 e. The van der Waals surface area contributed by atoms with Crippen LogP contribution in [0.1, 0.15) is 32.6 Å². The third-order valence-electron chi connectivity index (χ3n) is 6.04. The van der Waals surface area contributed by atoms with Crippen LogP contribution in [0.3, 0.4) is 0 Å². The zero-order valence-corrected chi connectivity index (χ0v) is 17.5. The van der Waals surface area contributed by atoms with E-state index in [0.717, 1.165) is 43.6 Å². The Labute approximate surface area is 167 Å². The predicted molar refractivity (Wildman–Crippen MR) is 110 cm³/mol. The van der Waals surface area contributed by atoms with E-state index in [1.165, 1.54) is 25.6 Å². The van der Waals surface area contributed by atoms with Gasteiger partial charge in [0.2, 0.25) is 9.84 Å². The van der Waals surface area contributed by atoms with Crippen LogP contribution in [-0.2, 0) is 16.9 Å². The molecule has 2 heterocycles. The van der Waals surface area contributed by atoms with Crippen LogP contribution in [0.25, 0.3) is 0 Å². The summed E-state index contributed by atoms with van der Waals surface area (Å²) in [5, 5.41) is 3.82. The molecule has 152 valence electrons. The van der Waals surface area contributed by atoms with Gasteiger partial charge in [0.15, 0.2) is 5.03 Å². The Bertz CT molecular complexity index is 924. The molecule has 28 heavy (non-hydrogen) atoms. The highest BCUT2D eigenvalue weighted by atomic mass is 32.2. The third-order valence-corrected chi connectivity index (χ3v) is 7.72. The molecule has 2 aromatic rings. The summed E-state index contributed by atoms with van der Waals surface area (Å²) in [6, 6.07) is 7.73. The van der Waals surface area contributed by atoms with Crippen LogP contribution in [0.15, 0.2) is 46.7 Å². The van der Waals surface area contributed by atoms with Crippen LogP contribution in [0, 0.1) is 11.8 Å². The molecule has 2 fully saturated rings. The number of hydrogen-bond donors (Lipinski definition) is 1. The zero-order valence-electron chi connectivity index (χ0n) is 16.7. The Morgan fingerprint density at radius 3 is 2.82 bits per heavy atom. The van der Waals surface area contributed by atoms with Gasteiger partial charge in [0.05, 0.1) is 16.9 Å². The van der Waals surface area contributed by atoms with Crippen molar-refractivity contribution < 1.29 is 8.42 Å². The van der Waals surface area contributed by atoms with E-state index in [2.05, 4.69) is 22.1 Å². The van der Waals surface area contributed by atoms with Gasteiger partial charge >= 0.3 is 0 Å². The second kappa shape index (κ2) is 7.87. The molecule has 0 bridgehead atoms. The number of aromatic nitrogens is 2. The molecule has 2 unspecified atom stereocenters.